The number of hydrogen-bond donors (Lipinski definition) is 3. The molecular weight excluding hydrogens is 899 g/mol. The minimum absolute atomic E-state index is 0.00235. The molecule has 73 heavy (non-hydrogen) atoms. The third-order valence-electron chi connectivity index (χ3n) is 14.5. The SMILES string of the molecule is CCCCCC/C=C\C/C=C\CCCCCCCCCC(=O)OCCCCCCCCCCC/C=C\C/C=C\CCCCCCCCCCCCCC(=O)NC(CO)C(O)/C=C/CCCCCCCCCCC. The maximum Gasteiger partial charge on any atom is 0.305 e. The molecule has 0 saturated carbocycles. The van der Waals surface area contributed by atoms with Crippen molar-refractivity contribution in [2.45, 2.75) is 341 Å². The minimum Gasteiger partial charge on any atom is -0.466 e. The van der Waals surface area contributed by atoms with Gasteiger partial charge in [0.15, 0.2) is 0 Å². The summed E-state index contributed by atoms with van der Waals surface area (Å²) < 4.78 is 5.49. The number of amides is 1. The van der Waals surface area contributed by atoms with Crippen molar-refractivity contribution >= 4 is 11.9 Å². The van der Waals surface area contributed by atoms with Gasteiger partial charge in [-0.25, -0.2) is 0 Å². The van der Waals surface area contributed by atoms with E-state index in [2.05, 4.69) is 67.8 Å². The molecule has 2 atom stereocenters. The van der Waals surface area contributed by atoms with Crippen molar-refractivity contribution in [1.29, 1.82) is 0 Å². The first kappa shape index (κ1) is 70.6. The van der Waals surface area contributed by atoms with Crippen molar-refractivity contribution in [3.8, 4) is 0 Å². The van der Waals surface area contributed by atoms with E-state index in [1.54, 1.807) is 6.08 Å². The van der Waals surface area contributed by atoms with Gasteiger partial charge >= 0.3 is 5.97 Å². The molecule has 0 aromatic heterocycles. The standard InChI is InChI=1S/C67H123NO5/c1-3-5-7-9-11-13-15-16-17-18-31-34-37-41-45-49-53-57-61-67(72)73-62-58-54-50-46-42-38-35-32-29-27-25-23-21-19-20-22-24-26-28-30-33-36-40-44-48-52-56-60-66(71)68-64(63-69)65(70)59-55-51-47-43-39-14-12-10-8-6-4-2/h13,15,17-20,23,25,55,59,64-65,69-70H,3-12,14,16,21-22,24,26-54,56-58,60-63H2,1-2H3,(H,68,71)/b15-13-,18-17-,20-19-,25-23-,59-55+. The molecular formula is C67H123NO5. The smallest absolute Gasteiger partial charge is 0.305 e. The lowest BCUT2D eigenvalue weighted by atomic mass is 10.0. The van der Waals surface area contributed by atoms with Crippen LogP contribution in [0.15, 0.2) is 60.8 Å². The van der Waals surface area contributed by atoms with Crippen LogP contribution in [-0.2, 0) is 14.3 Å². The van der Waals surface area contributed by atoms with Gasteiger partial charge in [-0.15, -0.1) is 0 Å². The van der Waals surface area contributed by atoms with Gasteiger partial charge in [0, 0.05) is 12.8 Å². The Morgan fingerprint density at radius 2 is 0.685 bits per heavy atom. The summed E-state index contributed by atoms with van der Waals surface area (Å²) in [5.74, 6) is -0.0704. The Labute approximate surface area is 454 Å². The summed E-state index contributed by atoms with van der Waals surface area (Å²) in [6, 6.07) is -0.630. The number of nitrogens with one attached hydrogen (secondary N) is 1. The van der Waals surface area contributed by atoms with E-state index < -0.39 is 12.1 Å². The Morgan fingerprint density at radius 1 is 0.384 bits per heavy atom. The lowest BCUT2D eigenvalue weighted by Crippen LogP contribution is -2.45. The average Bonchev–Trinajstić information content (AvgIpc) is 3.39. The third-order valence-corrected chi connectivity index (χ3v) is 14.5. The molecule has 6 heteroatoms. The van der Waals surface area contributed by atoms with Crippen molar-refractivity contribution in [2.75, 3.05) is 13.2 Å². The molecule has 0 heterocycles. The molecule has 0 aliphatic heterocycles. The fraction of sp³-hybridized carbons (Fsp3) is 0.821. The summed E-state index contributed by atoms with van der Waals surface area (Å²) in [6.45, 7) is 4.87. The Kier molecular flexibility index (Phi) is 60.0. The monoisotopic (exact) mass is 1020 g/mol. The van der Waals surface area contributed by atoms with E-state index >= 15 is 0 Å². The predicted octanol–water partition coefficient (Wildman–Crippen LogP) is 20.3. The molecule has 0 aliphatic rings. The van der Waals surface area contributed by atoms with Gasteiger partial charge in [-0.2, -0.15) is 0 Å². The summed E-state index contributed by atoms with van der Waals surface area (Å²) in [5, 5.41) is 23.0. The van der Waals surface area contributed by atoms with Crippen molar-refractivity contribution in [2.24, 2.45) is 0 Å². The molecule has 0 fully saturated rings. The van der Waals surface area contributed by atoms with Crippen LogP contribution >= 0.6 is 0 Å². The first-order valence-electron chi connectivity index (χ1n) is 32.1. The maximum absolute atomic E-state index is 12.4. The summed E-state index contributed by atoms with van der Waals surface area (Å²) in [4.78, 5) is 24.5. The molecule has 0 aromatic carbocycles. The van der Waals surface area contributed by atoms with Crippen LogP contribution in [0.25, 0.3) is 0 Å². The summed E-state index contributed by atoms with van der Waals surface area (Å²) in [7, 11) is 0. The number of rotatable bonds is 59. The molecule has 0 radical (unpaired) electrons. The first-order valence-corrected chi connectivity index (χ1v) is 32.1. The van der Waals surface area contributed by atoms with Crippen molar-refractivity contribution in [3.05, 3.63) is 60.8 Å². The van der Waals surface area contributed by atoms with Gasteiger partial charge in [0.2, 0.25) is 5.91 Å². The second-order valence-corrected chi connectivity index (χ2v) is 21.7. The van der Waals surface area contributed by atoms with E-state index in [1.807, 2.05) is 6.08 Å². The predicted molar refractivity (Wildman–Crippen MR) is 319 cm³/mol. The summed E-state index contributed by atoms with van der Waals surface area (Å²) >= 11 is 0. The van der Waals surface area contributed by atoms with Crippen LogP contribution in [0.4, 0.5) is 0 Å². The molecule has 0 bridgehead atoms. The highest BCUT2D eigenvalue weighted by atomic mass is 16.5. The second-order valence-electron chi connectivity index (χ2n) is 21.7. The van der Waals surface area contributed by atoms with E-state index in [9.17, 15) is 19.8 Å². The third kappa shape index (κ3) is 58.7. The van der Waals surface area contributed by atoms with Crippen molar-refractivity contribution in [1.82, 2.24) is 5.32 Å². The zero-order valence-electron chi connectivity index (χ0n) is 48.6. The first-order chi connectivity index (χ1) is 36.0. The molecule has 2 unspecified atom stereocenters. The van der Waals surface area contributed by atoms with Gasteiger partial charge in [-0.05, 0) is 96.3 Å². The van der Waals surface area contributed by atoms with Crippen LogP contribution < -0.4 is 5.32 Å². The van der Waals surface area contributed by atoms with Gasteiger partial charge in [0.1, 0.15) is 0 Å². The molecule has 3 N–H and O–H groups in total. The van der Waals surface area contributed by atoms with E-state index in [4.69, 9.17) is 4.74 Å². The highest BCUT2D eigenvalue weighted by Gasteiger charge is 2.18. The Morgan fingerprint density at radius 3 is 1.05 bits per heavy atom. The van der Waals surface area contributed by atoms with Gasteiger partial charge in [0.25, 0.3) is 0 Å². The second kappa shape index (κ2) is 62.1. The van der Waals surface area contributed by atoms with Crippen LogP contribution in [0.1, 0.15) is 328 Å². The Bertz CT molecular complexity index is 1270. The normalized spacial score (nSPS) is 13.0. The molecule has 0 aromatic rings. The average molecular weight is 1020 g/mol. The van der Waals surface area contributed by atoms with Crippen LogP contribution in [0.5, 0.6) is 0 Å². The van der Waals surface area contributed by atoms with Gasteiger partial charge < -0.3 is 20.3 Å². The molecule has 0 saturated heterocycles. The molecule has 0 aliphatic carbocycles. The molecule has 6 nitrogen and oxygen atoms in total. The lowest BCUT2D eigenvalue weighted by molar-refractivity contribution is -0.143. The fourth-order valence-corrected chi connectivity index (χ4v) is 9.58. The number of esters is 1. The highest BCUT2D eigenvalue weighted by molar-refractivity contribution is 5.76. The zero-order valence-corrected chi connectivity index (χ0v) is 48.6. The summed E-state index contributed by atoms with van der Waals surface area (Å²) in [5.41, 5.74) is 0. The van der Waals surface area contributed by atoms with Gasteiger partial charge in [-0.1, -0.05) is 280 Å². The topological polar surface area (TPSA) is 95.9 Å². The summed E-state index contributed by atoms with van der Waals surface area (Å²) in [6.07, 6.45) is 81.3. The van der Waals surface area contributed by atoms with Crippen LogP contribution in [-0.4, -0.2) is 47.4 Å². The number of ether oxygens (including phenoxy) is 1. The number of unbranched alkanes of at least 4 members (excludes halogenated alkanes) is 40. The minimum atomic E-state index is -0.846. The van der Waals surface area contributed by atoms with E-state index in [1.165, 1.54) is 244 Å². The molecule has 0 rings (SSSR count). The molecule has 0 spiro atoms. The lowest BCUT2D eigenvalue weighted by Gasteiger charge is -2.20. The van der Waals surface area contributed by atoms with E-state index in [0.29, 0.717) is 19.4 Å². The zero-order chi connectivity index (χ0) is 52.9. The number of hydrogen-bond acceptors (Lipinski definition) is 5. The van der Waals surface area contributed by atoms with Crippen LogP contribution in [0.2, 0.25) is 0 Å². The molecule has 426 valence electrons. The number of allylic oxidation sites excluding steroid dienone is 9. The van der Waals surface area contributed by atoms with E-state index in [0.717, 1.165) is 57.8 Å². The fourth-order valence-electron chi connectivity index (χ4n) is 9.58. The van der Waals surface area contributed by atoms with Crippen LogP contribution in [0, 0.1) is 0 Å². The van der Waals surface area contributed by atoms with Crippen LogP contribution in [0.3, 0.4) is 0 Å². The molecule has 1 amide bonds. The Hall–Kier alpha value is -2.44. The maximum atomic E-state index is 12.4. The number of carbonyl (C=O) groups excluding carboxylic acids is 2. The Balaban J connectivity index is 3.42. The van der Waals surface area contributed by atoms with Gasteiger partial charge in [-0.3, -0.25) is 9.59 Å². The number of aliphatic hydroxyl groups is 2. The van der Waals surface area contributed by atoms with Crippen molar-refractivity contribution < 1.29 is 24.5 Å². The van der Waals surface area contributed by atoms with Gasteiger partial charge in [0.05, 0.1) is 25.4 Å². The number of aliphatic hydroxyl groups excluding tert-OH is 2. The quantitative estimate of drug-likeness (QED) is 0.0320. The highest BCUT2D eigenvalue weighted by Crippen LogP contribution is 2.16. The largest absolute Gasteiger partial charge is 0.466 e. The van der Waals surface area contributed by atoms with E-state index in [-0.39, 0.29) is 18.5 Å². The number of carbonyl (C=O) groups is 2. The van der Waals surface area contributed by atoms with Crippen molar-refractivity contribution in [3.63, 3.8) is 0 Å².